The summed E-state index contributed by atoms with van der Waals surface area (Å²) in [6.45, 7) is 2.21. The lowest BCUT2D eigenvalue weighted by atomic mass is 9.85. The number of carboxylic acid groups (broad SMARTS) is 1. The number of aliphatic hydroxyl groups is 2. The van der Waals surface area contributed by atoms with E-state index in [0.717, 1.165) is 38.5 Å². The molecule has 1 aliphatic rings. The predicted octanol–water partition coefficient (Wildman–Crippen LogP) is 4.86. The molecule has 164 valence electrons. The molecule has 6 atom stereocenters. The SMILES string of the molecule is CCCCCCCC(O)CC[C@@H]1[C@@H](C/C=C\CCCC(=O)O)[C@@H](O)C[C@H]1OP. The molecule has 0 amide bonds. The minimum Gasteiger partial charge on any atom is -0.481 e. The molecule has 6 heteroatoms. The number of hydrogen-bond donors (Lipinski definition) is 3. The Bertz CT molecular complexity index is 443. The van der Waals surface area contributed by atoms with Crippen LogP contribution in [0.15, 0.2) is 12.2 Å². The van der Waals surface area contributed by atoms with Crippen LogP contribution in [0.3, 0.4) is 0 Å². The van der Waals surface area contributed by atoms with Crippen molar-refractivity contribution in [2.24, 2.45) is 11.8 Å². The number of aliphatic carboxylic acids is 1. The third kappa shape index (κ3) is 10.3. The van der Waals surface area contributed by atoms with Crippen LogP contribution in [0.2, 0.25) is 0 Å². The molecule has 0 aliphatic heterocycles. The Labute approximate surface area is 173 Å². The van der Waals surface area contributed by atoms with Gasteiger partial charge in [0.25, 0.3) is 0 Å². The minimum absolute atomic E-state index is 0.0159. The lowest BCUT2D eigenvalue weighted by Gasteiger charge is -2.25. The number of allylic oxidation sites excluding steroid dienone is 2. The average molecular weight is 417 g/mol. The Morgan fingerprint density at radius 2 is 1.89 bits per heavy atom. The first-order chi connectivity index (χ1) is 13.5. The van der Waals surface area contributed by atoms with Crippen LogP contribution in [0.5, 0.6) is 0 Å². The Kier molecular flexibility index (Phi) is 14.0. The van der Waals surface area contributed by atoms with Gasteiger partial charge >= 0.3 is 5.97 Å². The zero-order valence-corrected chi connectivity index (χ0v) is 18.6. The van der Waals surface area contributed by atoms with Crippen molar-refractivity contribution in [1.29, 1.82) is 0 Å². The van der Waals surface area contributed by atoms with Gasteiger partial charge in [-0.15, -0.1) is 0 Å². The summed E-state index contributed by atoms with van der Waals surface area (Å²) in [4.78, 5) is 10.5. The fourth-order valence-electron chi connectivity index (χ4n) is 4.29. The Morgan fingerprint density at radius 3 is 2.57 bits per heavy atom. The number of hydrogen-bond acceptors (Lipinski definition) is 4. The highest BCUT2D eigenvalue weighted by Crippen LogP contribution is 2.41. The monoisotopic (exact) mass is 416 g/mol. The van der Waals surface area contributed by atoms with E-state index in [9.17, 15) is 15.0 Å². The molecule has 0 aromatic rings. The number of carbonyl (C=O) groups is 1. The molecule has 0 bridgehead atoms. The molecule has 0 aromatic heterocycles. The number of aliphatic hydroxyl groups excluding tert-OH is 2. The van der Waals surface area contributed by atoms with E-state index >= 15 is 0 Å². The van der Waals surface area contributed by atoms with E-state index in [2.05, 4.69) is 22.5 Å². The fraction of sp³-hybridized carbons (Fsp3) is 0.864. The van der Waals surface area contributed by atoms with Gasteiger partial charge in [-0.2, -0.15) is 0 Å². The molecule has 0 saturated heterocycles. The van der Waals surface area contributed by atoms with Gasteiger partial charge in [0.2, 0.25) is 0 Å². The second-order valence-electron chi connectivity index (χ2n) is 8.23. The van der Waals surface area contributed by atoms with Gasteiger partial charge in [0.15, 0.2) is 0 Å². The lowest BCUT2D eigenvalue weighted by molar-refractivity contribution is -0.137. The van der Waals surface area contributed by atoms with Crippen molar-refractivity contribution in [2.75, 3.05) is 0 Å². The highest BCUT2D eigenvalue weighted by atomic mass is 31.0. The van der Waals surface area contributed by atoms with Gasteiger partial charge in [0.1, 0.15) is 0 Å². The van der Waals surface area contributed by atoms with Gasteiger partial charge in [-0.25, -0.2) is 0 Å². The summed E-state index contributed by atoms with van der Waals surface area (Å²) in [5.41, 5.74) is 0. The van der Waals surface area contributed by atoms with Crippen LogP contribution in [-0.4, -0.2) is 39.6 Å². The minimum atomic E-state index is -0.760. The lowest BCUT2D eigenvalue weighted by Crippen LogP contribution is -2.23. The molecule has 1 fully saturated rings. The first-order valence-corrected chi connectivity index (χ1v) is 11.5. The highest BCUT2D eigenvalue weighted by molar-refractivity contribution is 7.09. The van der Waals surface area contributed by atoms with Gasteiger partial charge < -0.3 is 19.8 Å². The Balaban J connectivity index is 2.39. The molecule has 0 radical (unpaired) electrons. The summed E-state index contributed by atoms with van der Waals surface area (Å²) >= 11 is 0. The van der Waals surface area contributed by atoms with Crippen LogP contribution in [0.1, 0.15) is 90.4 Å². The van der Waals surface area contributed by atoms with E-state index in [0.29, 0.717) is 12.8 Å². The fourth-order valence-corrected chi connectivity index (χ4v) is 4.60. The maximum Gasteiger partial charge on any atom is 0.303 e. The maximum absolute atomic E-state index is 10.5. The molecule has 0 aromatic carbocycles. The number of unbranched alkanes of at least 4 members (excludes halogenated alkanes) is 5. The quantitative estimate of drug-likeness (QED) is 0.190. The molecule has 0 spiro atoms. The summed E-state index contributed by atoms with van der Waals surface area (Å²) in [6, 6.07) is 0. The van der Waals surface area contributed by atoms with Crippen LogP contribution >= 0.6 is 9.47 Å². The summed E-state index contributed by atoms with van der Waals surface area (Å²) < 4.78 is 5.54. The van der Waals surface area contributed by atoms with Crippen molar-refractivity contribution >= 4 is 15.4 Å². The smallest absolute Gasteiger partial charge is 0.303 e. The van der Waals surface area contributed by atoms with Crippen LogP contribution in [0.4, 0.5) is 0 Å². The Morgan fingerprint density at radius 1 is 1.14 bits per heavy atom. The second kappa shape index (κ2) is 15.4. The van der Waals surface area contributed by atoms with Crippen LogP contribution in [0, 0.1) is 11.8 Å². The standard InChI is InChI=1S/C22H41O5P/c1-2-3-4-5-8-11-17(23)14-15-19-18(20(24)16-21(19)27-28)12-9-6-7-10-13-22(25)26/h6,9,17-21,23-24H,2-5,7-8,10-16,28H2,1H3,(H,25,26)/b9-6-/t17?,18-,19-,20+,21-/m1/s1. The van der Waals surface area contributed by atoms with Crippen LogP contribution in [-0.2, 0) is 9.32 Å². The average Bonchev–Trinajstić information content (AvgIpc) is 2.97. The predicted molar refractivity (Wildman–Crippen MR) is 116 cm³/mol. The summed E-state index contributed by atoms with van der Waals surface area (Å²) in [5.74, 6) is -0.382. The van der Waals surface area contributed by atoms with E-state index in [-0.39, 0.29) is 36.6 Å². The largest absolute Gasteiger partial charge is 0.481 e. The molecule has 5 nitrogen and oxygen atoms in total. The van der Waals surface area contributed by atoms with Gasteiger partial charge in [0.05, 0.1) is 18.3 Å². The van der Waals surface area contributed by atoms with Crippen LogP contribution < -0.4 is 0 Å². The van der Waals surface area contributed by atoms with Crippen molar-refractivity contribution in [2.45, 2.75) is 109 Å². The van der Waals surface area contributed by atoms with Crippen molar-refractivity contribution in [3.63, 3.8) is 0 Å². The van der Waals surface area contributed by atoms with Gasteiger partial charge in [-0.1, -0.05) is 51.2 Å². The van der Waals surface area contributed by atoms with E-state index in [1.54, 1.807) is 0 Å². The van der Waals surface area contributed by atoms with Crippen molar-refractivity contribution in [3.05, 3.63) is 12.2 Å². The third-order valence-corrected chi connectivity index (χ3v) is 6.33. The molecular formula is C22H41O5P. The van der Waals surface area contributed by atoms with E-state index in [1.807, 2.05) is 6.08 Å². The number of carboxylic acids is 1. The summed E-state index contributed by atoms with van der Waals surface area (Å²) in [6.07, 6.45) is 15.0. The maximum atomic E-state index is 10.5. The van der Waals surface area contributed by atoms with Crippen LogP contribution in [0.25, 0.3) is 0 Å². The topological polar surface area (TPSA) is 87.0 Å². The Hall–Kier alpha value is -0.480. The molecule has 0 heterocycles. The van der Waals surface area contributed by atoms with Crippen molar-refractivity contribution < 1.29 is 24.6 Å². The molecule has 1 rings (SSSR count). The van der Waals surface area contributed by atoms with Crippen molar-refractivity contribution in [1.82, 2.24) is 0 Å². The zero-order valence-electron chi connectivity index (χ0n) is 17.5. The van der Waals surface area contributed by atoms with E-state index < -0.39 is 5.97 Å². The molecular weight excluding hydrogens is 375 g/mol. The molecule has 3 N–H and O–H groups in total. The first-order valence-electron chi connectivity index (χ1n) is 11.1. The highest BCUT2D eigenvalue weighted by Gasteiger charge is 2.41. The van der Waals surface area contributed by atoms with E-state index in [1.165, 1.54) is 25.7 Å². The van der Waals surface area contributed by atoms with Crippen molar-refractivity contribution in [3.8, 4) is 0 Å². The van der Waals surface area contributed by atoms with Gasteiger partial charge in [-0.05, 0) is 50.4 Å². The molecule has 28 heavy (non-hydrogen) atoms. The second-order valence-corrected chi connectivity index (χ2v) is 8.50. The third-order valence-electron chi connectivity index (χ3n) is 5.98. The van der Waals surface area contributed by atoms with Gasteiger partial charge in [-0.3, -0.25) is 4.79 Å². The molecule has 1 saturated carbocycles. The zero-order chi connectivity index (χ0) is 20.8. The molecule has 2 unspecified atom stereocenters. The first kappa shape index (κ1) is 25.6. The molecule has 1 aliphatic carbocycles. The van der Waals surface area contributed by atoms with Gasteiger partial charge in [0, 0.05) is 22.3 Å². The summed E-state index contributed by atoms with van der Waals surface area (Å²) in [7, 11) is 2.33. The summed E-state index contributed by atoms with van der Waals surface area (Å²) in [5, 5.41) is 29.5. The normalized spacial score (nSPS) is 26.1. The van der Waals surface area contributed by atoms with E-state index in [4.69, 9.17) is 9.63 Å². The number of rotatable bonds is 16.